The summed E-state index contributed by atoms with van der Waals surface area (Å²) in [6, 6.07) is 9.46. The van der Waals surface area contributed by atoms with Crippen LogP contribution in [0.25, 0.3) is 0 Å². The predicted octanol–water partition coefficient (Wildman–Crippen LogP) is 0.534. The smallest absolute Gasteiger partial charge is 0.184 e. The van der Waals surface area contributed by atoms with Gasteiger partial charge in [0.05, 0.1) is 25.9 Å². The van der Waals surface area contributed by atoms with E-state index in [1.165, 1.54) is 0 Å². The van der Waals surface area contributed by atoms with Gasteiger partial charge in [-0.15, -0.1) is 0 Å². The molecular weight excluding hydrogens is 326 g/mol. The first-order valence-corrected chi connectivity index (χ1v) is 8.78. The van der Waals surface area contributed by atoms with Gasteiger partial charge in [-0.05, 0) is 0 Å². The van der Waals surface area contributed by atoms with E-state index in [0.29, 0.717) is 19.8 Å². The highest BCUT2D eigenvalue weighted by Gasteiger charge is 2.51. The Balaban J connectivity index is 1.52. The molecule has 3 fully saturated rings. The highest BCUT2D eigenvalue weighted by molar-refractivity contribution is 5.16. The number of methoxy groups -OCH3 is 1. The van der Waals surface area contributed by atoms with Crippen LogP contribution in [0.4, 0.5) is 0 Å². The average molecular weight is 351 g/mol. The number of fused-ring (bicyclic) bond motifs is 1. The fourth-order valence-corrected chi connectivity index (χ4v) is 3.82. The zero-order valence-corrected chi connectivity index (χ0v) is 14.3. The van der Waals surface area contributed by atoms with Crippen LogP contribution in [0.1, 0.15) is 11.9 Å². The summed E-state index contributed by atoms with van der Waals surface area (Å²) < 4.78 is 28.9. The summed E-state index contributed by atoms with van der Waals surface area (Å²) in [5.74, 6) is 0. The normalized spacial score (nSPS) is 39.8. The van der Waals surface area contributed by atoms with Gasteiger partial charge in [0.2, 0.25) is 0 Å². The molecule has 7 nitrogen and oxygen atoms in total. The maximum atomic E-state index is 11.1. The SMILES string of the molecule is COC1OC2COC(c3ccccc3)OC2C(O)C1N1CCOCC1. The summed E-state index contributed by atoms with van der Waals surface area (Å²) in [6.45, 7) is 3.12. The Morgan fingerprint density at radius 2 is 1.88 bits per heavy atom. The lowest BCUT2D eigenvalue weighted by molar-refractivity contribution is -0.351. The summed E-state index contributed by atoms with van der Waals surface area (Å²) >= 11 is 0. The summed E-state index contributed by atoms with van der Waals surface area (Å²) in [4.78, 5) is 2.16. The molecule has 7 heteroatoms. The Labute approximate surface area is 147 Å². The van der Waals surface area contributed by atoms with Crippen LogP contribution in [0.2, 0.25) is 0 Å². The third-order valence-corrected chi connectivity index (χ3v) is 5.10. The lowest BCUT2D eigenvalue weighted by atomic mass is 9.94. The predicted molar refractivity (Wildman–Crippen MR) is 87.9 cm³/mol. The molecule has 1 aromatic rings. The average Bonchev–Trinajstić information content (AvgIpc) is 2.69. The van der Waals surface area contributed by atoms with Crippen molar-refractivity contribution < 1.29 is 28.8 Å². The van der Waals surface area contributed by atoms with E-state index in [2.05, 4.69) is 4.90 Å². The quantitative estimate of drug-likeness (QED) is 0.852. The number of morpholine rings is 1. The fraction of sp³-hybridized carbons (Fsp3) is 0.667. The van der Waals surface area contributed by atoms with Crippen molar-refractivity contribution in [2.75, 3.05) is 40.0 Å². The molecule has 0 aliphatic carbocycles. The molecule has 25 heavy (non-hydrogen) atoms. The number of ether oxygens (including phenoxy) is 5. The Hall–Kier alpha value is -1.06. The molecule has 3 saturated heterocycles. The maximum Gasteiger partial charge on any atom is 0.184 e. The zero-order chi connectivity index (χ0) is 17.2. The third kappa shape index (κ3) is 3.46. The minimum Gasteiger partial charge on any atom is -0.388 e. The van der Waals surface area contributed by atoms with E-state index in [1.54, 1.807) is 7.11 Å². The zero-order valence-electron chi connectivity index (χ0n) is 14.3. The molecular formula is C18H25NO6. The van der Waals surface area contributed by atoms with Crippen molar-refractivity contribution in [2.45, 2.75) is 36.9 Å². The van der Waals surface area contributed by atoms with Gasteiger partial charge in [0, 0.05) is 25.8 Å². The highest BCUT2D eigenvalue weighted by Crippen LogP contribution is 2.35. The molecule has 1 N–H and O–H groups in total. The summed E-state index contributed by atoms with van der Waals surface area (Å²) in [7, 11) is 1.60. The first kappa shape index (κ1) is 17.4. The van der Waals surface area contributed by atoms with Gasteiger partial charge in [0.25, 0.3) is 0 Å². The summed E-state index contributed by atoms with van der Waals surface area (Å²) in [6.07, 6.45) is -2.55. The van der Waals surface area contributed by atoms with Crippen molar-refractivity contribution >= 4 is 0 Å². The molecule has 138 valence electrons. The molecule has 3 aliphatic heterocycles. The molecule has 6 unspecified atom stereocenters. The van der Waals surface area contributed by atoms with Crippen LogP contribution in [0.15, 0.2) is 30.3 Å². The minimum atomic E-state index is -0.725. The van der Waals surface area contributed by atoms with Crippen molar-refractivity contribution in [1.82, 2.24) is 4.90 Å². The Morgan fingerprint density at radius 1 is 1.12 bits per heavy atom. The van der Waals surface area contributed by atoms with E-state index < -0.39 is 24.8 Å². The number of benzene rings is 1. The number of rotatable bonds is 3. The van der Waals surface area contributed by atoms with E-state index >= 15 is 0 Å². The second-order valence-corrected chi connectivity index (χ2v) is 6.58. The van der Waals surface area contributed by atoms with Gasteiger partial charge in [-0.25, -0.2) is 0 Å². The van der Waals surface area contributed by atoms with Gasteiger partial charge >= 0.3 is 0 Å². The Morgan fingerprint density at radius 3 is 2.60 bits per heavy atom. The number of aliphatic hydroxyl groups is 1. The maximum absolute atomic E-state index is 11.1. The first-order valence-electron chi connectivity index (χ1n) is 8.78. The monoisotopic (exact) mass is 351 g/mol. The molecule has 0 aromatic heterocycles. The number of hydrogen-bond acceptors (Lipinski definition) is 7. The highest BCUT2D eigenvalue weighted by atomic mass is 16.7. The summed E-state index contributed by atoms with van der Waals surface area (Å²) in [5.41, 5.74) is 0.935. The largest absolute Gasteiger partial charge is 0.388 e. The lowest BCUT2D eigenvalue weighted by Crippen LogP contribution is -2.67. The van der Waals surface area contributed by atoms with Gasteiger partial charge in [0.1, 0.15) is 18.3 Å². The van der Waals surface area contributed by atoms with Gasteiger partial charge in [-0.2, -0.15) is 0 Å². The second kappa shape index (κ2) is 7.67. The van der Waals surface area contributed by atoms with Crippen molar-refractivity contribution in [2.24, 2.45) is 0 Å². The topological polar surface area (TPSA) is 69.6 Å². The van der Waals surface area contributed by atoms with Crippen LogP contribution in [-0.4, -0.2) is 80.7 Å². The lowest BCUT2D eigenvalue weighted by Gasteiger charge is -2.50. The van der Waals surface area contributed by atoms with Crippen LogP contribution in [0.5, 0.6) is 0 Å². The fourth-order valence-electron chi connectivity index (χ4n) is 3.82. The molecule has 0 radical (unpaired) electrons. The standard InChI is InChI=1S/C18H25NO6/c1-21-18-14(19-7-9-22-10-8-19)15(20)16-13(24-18)11-23-17(25-16)12-5-3-2-4-6-12/h2-6,13-18,20H,7-11H2,1H3. The molecule has 0 spiro atoms. The van der Waals surface area contributed by atoms with E-state index in [-0.39, 0.29) is 12.1 Å². The van der Waals surface area contributed by atoms with Crippen LogP contribution >= 0.6 is 0 Å². The van der Waals surface area contributed by atoms with E-state index in [0.717, 1.165) is 18.7 Å². The number of hydrogen-bond donors (Lipinski definition) is 1. The van der Waals surface area contributed by atoms with Crippen LogP contribution in [0, 0.1) is 0 Å². The van der Waals surface area contributed by atoms with Crippen molar-refractivity contribution in [3.63, 3.8) is 0 Å². The van der Waals surface area contributed by atoms with Gasteiger partial charge < -0.3 is 28.8 Å². The molecule has 3 aliphatic rings. The molecule has 0 amide bonds. The molecule has 4 rings (SSSR count). The van der Waals surface area contributed by atoms with Crippen LogP contribution in [0.3, 0.4) is 0 Å². The van der Waals surface area contributed by atoms with Crippen LogP contribution in [-0.2, 0) is 23.7 Å². The van der Waals surface area contributed by atoms with Crippen molar-refractivity contribution in [3.05, 3.63) is 35.9 Å². The van der Waals surface area contributed by atoms with Gasteiger partial charge in [-0.3, -0.25) is 4.90 Å². The van der Waals surface area contributed by atoms with Crippen molar-refractivity contribution in [1.29, 1.82) is 0 Å². The number of aliphatic hydroxyl groups excluding tert-OH is 1. The van der Waals surface area contributed by atoms with E-state index in [1.807, 2.05) is 30.3 Å². The minimum absolute atomic E-state index is 0.287. The second-order valence-electron chi connectivity index (χ2n) is 6.58. The Kier molecular flexibility index (Phi) is 5.33. The third-order valence-electron chi connectivity index (χ3n) is 5.10. The van der Waals surface area contributed by atoms with E-state index in [9.17, 15) is 5.11 Å². The van der Waals surface area contributed by atoms with Gasteiger partial charge in [-0.1, -0.05) is 30.3 Å². The molecule has 0 bridgehead atoms. The van der Waals surface area contributed by atoms with E-state index in [4.69, 9.17) is 23.7 Å². The number of nitrogens with zero attached hydrogens (tertiary/aromatic N) is 1. The first-order chi connectivity index (χ1) is 12.3. The molecule has 1 aromatic carbocycles. The molecule has 6 atom stereocenters. The Bertz CT molecular complexity index is 552. The molecule has 3 heterocycles. The van der Waals surface area contributed by atoms with Crippen LogP contribution < -0.4 is 0 Å². The van der Waals surface area contributed by atoms with Crippen molar-refractivity contribution in [3.8, 4) is 0 Å². The molecule has 0 saturated carbocycles. The van der Waals surface area contributed by atoms with Gasteiger partial charge in [0.15, 0.2) is 12.6 Å². The summed E-state index contributed by atoms with van der Waals surface area (Å²) in [5, 5.41) is 11.1.